The van der Waals surface area contributed by atoms with E-state index in [1.807, 2.05) is 65.2 Å². The van der Waals surface area contributed by atoms with Crippen molar-refractivity contribution in [2.45, 2.75) is 30.7 Å². The lowest BCUT2D eigenvalue weighted by Crippen LogP contribution is -2.11. The van der Waals surface area contributed by atoms with Gasteiger partial charge in [0.05, 0.1) is 18.9 Å². The molecule has 1 aromatic heterocycles. The van der Waals surface area contributed by atoms with Gasteiger partial charge in [0.25, 0.3) is 0 Å². The van der Waals surface area contributed by atoms with Crippen molar-refractivity contribution >= 4 is 11.8 Å². The Bertz CT molecular complexity index is 1220. The van der Waals surface area contributed by atoms with Gasteiger partial charge in [-0.1, -0.05) is 72.4 Å². The van der Waals surface area contributed by atoms with Crippen LogP contribution in [0, 0.1) is 0 Å². The van der Waals surface area contributed by atoms with E-state index in [4.69, 9.17) is 14.2 Å². The Morgan fingerprint density at radius 3 is 2.50 bits per heavy atom. The Kier molecular flexibility index (Phi) is 7.12. The molecule has 0 radical (unpaired) electrons. The van der Waals surface area contributed by atoms with Crippen molar-refractivity contribution in [3.05, 3.63) is 84.7 Å². The molecule has 0 N–H and O–H groups in total. The zero-order valence-corrected chi connectivity index (χ0v) is 19.9. The fourth-order valence-electron chi connectivity index (χ4n) is 4.08. The van der Waals surface area contributed by atoms with Crippen LogP contribution in [-0.2, 0) is 11.3 Å². The maximum absolute atomic E-state index is 6.31. The summed E-state index contributed by atoms with van der Waals surface area (Å²) in [6.45, 7) is 1.11. The minimum Gasteiger partial charge on any atom is -0.495 e. The van der Waals surface area contributed by atoms with E-state index < -0.39 is 0 Å². The molecule has 5 rings (SSSR count). The summed E-state index contributed by atoms with van der Waals surface area (Å²) in [5.41, 5.74) is 3.04. The van der Waals surface area contributed by atoms with Crippen molar-refractivity contribution < 1.29 is 14.2 Å². The second-order valence-corrected chi connectivity index (χ2v) is 8.99. The molecular weight excluding hydrogens is 446 g/mol. The van der Waals surface area contributed by atoms with Crippen LogP contribution in [0.3, 0.4) is 0 Å². The molecule has 1 aliphatic heterocycles. The molecule has 1 saturated heterocycles. The van der Waals surface area contributed by atoms with E-state index in [9.17, 15) is 0 Å². The van der Waals surface area contributed by atoms with Crippen LogP contribution in [0.4, 0.5) is 0 Å². The molecule has 1 aliphatic rings. The minimum absolute atomic E-state index is 0.255. The normalized spacial score (nSPS) is 15.4. The highest BCUT2D eigenvalue weighted by molar-refractivity contribution is 7.99. The summed E-state index contributed by atoms with van der Waals surface area (Å²) in [5, 5.41) is 9.81. The molecule has 0 unspecified atom stereocenters. The van der Waals surface area contributed by atoms with Crippen molar-refractivity contribution in [2.75, 3.05) is 19.5 Å². The van der Waals surface area contributed by atoms with E-state index in [2.05, 4.69) is 28.4 Å². The van der Waals surface area contributed by atoms with Gasteiger partial charge in [-0.05, 0) is 36.6 Å². The van der Waals surface area contributed by atoms with Gasteiger partial charge in [-0.2, -0.15) is 0 Å². The van der Waals surface area contributed by atoms with Crippen LogP contribution in [0.1, 0.15) is 18.7 Å². The monoisotopic (exact) mass is 473 g/mol. The first-order valence-corrected chi connectivity index (χ1v) is 12.4. The molecule has 0 saturated carbocycles. The molecule has 0 spiro atoms. The number of methoxy groups -OCH3 is 1. The summed E-state index contributed by atoms with van der Waals surface area (Å²) in [6, 6.07) is 26.2. The number of rotatable bonds is 9. The molecule has 3 aromatic carbocycles. The third-order valence-electron chi connectivity index (χ3n) is 5.78. The summed E-state index contributed by atoms with van der Waals surface area (Å²) in [4.78, 5) is 0. The van der Waals surface area contributed by atoms with Crippen LogP contribution in [0.2, 0.25) is 0 Å². The van der Waals surface area contributed by atoms with Crippen molar-refractivity contribution in [1.82, 2.24) is 14.8 Å². The molecule has 0 aliphatic carbocycles. The molecule has 2 heterocycles. The number of hydrogen-bond acceptors (Lipinski definition) is 6. The summed E-state index contributed by atoms with van der Waals surface area (Å²) < 4.78 is 19.8. The fourth-order valence-corrected chi connectivity index (χ4v) is 5.11. The molecule has 174 valence electrons. The van der Waals surface area contributed by atoms with Crippen molar-refractivity contribution in [1.29, 1.82) is 0 Å². The Morgan fingerprint density at radius 2 is 1.71 bits per heavy atom. The molecule has 0 amide bonds. The molecule has 7 heteroatoms. The number of aromatic nitrogens is 3. The number of benzene rings is 3. The maximum atomic E-state index is 6.31. The van der Waals surface area contributed by atoms with Crippen molar-refractivity contribution in [3.63, 3.8) is 0 Å². The van der Waals surface area contributed by atoms with Crippen molar-refractivity contribution in [3.8, 4) is 28.3 Å². The second kappa shape index (κ2) is 10.8. The predicted octanol–water partition coefficient (Wildman–Crippen LogP) is 5.79. The molecule has 4 aromatic rings. The van der Waals surface area contributed by atoms with E-state index in [0.717, 1.165) is 58.7 Å². The summed E-state index contributed by atoms with van der Waals surface area (Å²) in [7, 11) is 1.68. The van der Waals surface area contributed by atoms with E-state index in [-0.39, 0.29) is 12.7 Å². The van der Waals surface area contributed by atoms with Crippen molar-refractivity contribution in [2.24, 2.45) is 0 Å². The van der Waals surface area contributed by atoms with Gasteiger partial charge in [0.2, 0.25) is 0 Å². The predicted molar refractivity (Wildman–Crippen MR) is 134 cm³/mol. The van der Waals surface area contributed by atoms with Crippen LogP contribution in [-0.4, -0.2) is 40.3 Å². The Morgan fingerprint density at radius 1 is 0.941 bits per heavy atom. The summed E-state index contributed by atoms with van der Waals surface area (Å²) >= 11 is 1.65. The number of hydrogen-bond donors (Lipinski definition) is 0. The average Bonchev–Trinajstić information content (AvgIpc) is 3.56. The zero-order chi connectivity index (χ0) is 23.2. The Balaban J connectivity index is 1.44. The second-order valence-electron chi connectivity index (χ2n) is 8.00. The lowest BCUT2D eigenvalue weighted by Gasteiger charge is -2.16. The average molecular weight is 474 g/mol. The summed E-state index contributed by atoms with van der Waals surface area (Å²) in [6.07, 6.45) is 2.46. The molecule has 1 fully saturated rings. The Hall–Kier alpha value is -3.29. The van der Waals surface area contributed by atoms with Gasteiger partial charge in [-0.25, -0.2) is 0 Å². The fraction of sp³-hybridized carbons (Fsp3) is 0.259. The highest BCUT2D eigenvalue weighted by Crippen LogP contribution is 2.33. The lowest BCUT2D eigenvalue weighted by molar-refractivity contribution is 0.129. The summed E-state index contributed by atoms with van der Waals surface area (Å²) in [5.74, 6) is 3.11. The quantitative estimate of drug-likeness (QED) is 0.287. The van der Waals surface area contributed by atoms with Gasteiger partial charge >= 0.3 is 0 Å². The standard InChI is InChI=1S/C27H27N3O3S/c1-31-25-16-8-6-14-23(25)30-26(28-29-27(30)34-19-21-12-9-17-32-21)18-33-24-15-7-5-13-22(24)20-10-3-2-4-11-20/h2-8,10-11,13-16,21H,9,12,17-19H2,1H3/t21-/m0/s1. The van der Waals surface area contributed by atoms with Crippen LogP contribution in [0.25, 0.3) is 16.8 Å². The van der Waals surface area contributed by atoms with Gasteiger partial charge in [0, 0.05) is 17.9 Å². The van der Waals surface area contributed by atoms with E-state index in [0.29, 0.717) is 5.82 Å². The lowest BCUT2D eigenvalue weighted by atomic mass is 10.1. The number of para-hydroxylation sites is 3. The molecular formula is C27H27N3O3S. The first-order chi connectivity index (χ1) is 16.8. The first-order valence-electron chi connectivity index (χ1n) is 11.4. The van der Waals surface area contributed by atoms with E-state index >= 15 is 0 Å². The van der Waals surface area contributed by atoms with Gasteiger partial charge in [0.1, 0.15) is 18.1 Å². The highest BCUT2D eigenvalue weighted by Gasteiger charge is 2.21. The zero-order valence-electron chi connectivity index (χ0n) is 19.1. The Labute approximate surface area is 203 Å². The van der Waals surface area contributed by atoms with Crippen LogP contribution < -0.4 is 9.47 Å². The maximum Gasteiger partial charge on any atom is 0.196 e. The van der Waals surface area contributed by atoms with Gasteiger partial charge < -0.3 is 14.2 Å². The third-order valence-corrected chi connectivity index (χ3v) is 6.84. The van der Waals surface area contributed by atoms with Gasteiger partial charge in [0.15, 0.2) is 11.0 Å². The minimum atomic E-state index is 0.255. The van der Waals surface area contributed by atoms with Gasteiger partial charge in [-0.3, -0.25) is 4.57 Å². The smallest absolute Gasteiger partial charge is 0.196 e. The highest BCUT2D eigenvalue weighted by atomic mass is 32.2. The molecule has 0 bridgehead atoms. The van der Waals surface area contributed by atoms with Crippen LogP contribution in [0.15, 0.2) is 84.0 Å². The largest absolute Gasteiger partial charge is 0.495 e. The van der Waals surface area contributed by atoms with Crippen LogP contribution >= 0.6 is 11.8 Å². The number of ether oxygens (including phenoxy) is 3. The topological polar surface area (TPSA) is 58.4 Å². The number of nitrogens with zero attached hydrogens (tertiary/aromatic N) is 3. The third kappa shape index (κ3) is 4.95. The molecule has 6 nitrogen and oxygen atoms in total. The van der Waals surface area contributed by atoms with Crippen LogP contribution in [0.5, 0.6) is 11.5 Å². The van der Waals surface area contributed by atoms with E-state index in [1.54, 1.807) is 18.9 Å². The molecule has 34 heavy (non-hydrogen) atoms. The molecule has 1 atom stereocenters. The SMILES string of the molecule is COc1ccccc1-n1c(COc2ccccc2-c2ccccc2)nnc1SC[C@@H]1CCCO1. The number of thioether (sulfide) groups is 1. The first kappa shape index (κ1) is 22.5. The van der Waals surface area contributed by atoms with E-state index in [1.165, 1.54) is 0 Å². The van der Waals surface area contributed by atoms with Gasteiger partial charge in [-0.15, -0.1) is 10.2 Å².